The Kier molecular flexibility index (Phi) is 3.56. The van der Waals surface area contributed by atoms with E-state index in [0.29, 0.717) is 6.42 Å². The van der Waals surface area contributed by atoms with Crippen molar-refractivity contribution in [2.75, 3.05) is 6.67 Å². The van der Waals surface area contributed by atoms with E-state index in [1.165, 1.54) is 6.08 Å². The molecule has 0 aliphatic rings. The summed E-state index contributed by atoms with van der Waals surface area (Å²) in [4.78, 5) is 0. The van der Waals surface area contributed by atoms with E-state index in [-0.39, 0.29) is 0 Å². The summed E-state index contributed by atoms with van der Waals surface area (Å²) in [6.07, 6.45) is 1.79. The van der Waals surface area contributed by atoms with Crippen molar-refractivity contribution in [2.45, 2.75) is 13.3 Å². The third-order valence-electron chi connectivity index (χ3n) is 0.553. The van der Waals surface area contributed by atoms with Crippen LogP contribution in [0, 0.1) is 0 Å². The molecule has 0 rings (SSSR count). The van der Waals surface area contributed by atoms with Crippen LogP contribution >= 0.6 is 0 Å². The highest BCUT2D eigenvalue weighted by molar-refractivity contribution is 4.89. The lowest BCUT2D eigenvalue weighted by Gasteiger charge is -1.81. The maximum Gasteiger partial charge on any atom is 0.141 e. The highest BCUT2D eigenvalue weighted by Gasteiger charge is 1.85. The van der Waals surface area contributed by atoms with E-state index in [0.717, 1.165) is 0 Å². The smallest absolute Gasteiger partial charge is 0.141 e. The molecule has 0 saturated carbocycles. The van der Waals surface area contributed by atoms with Crippen LogP contribution in [-0.4, -0.2) is 6.67 Å². The monoisotopic (exact) mass is 106 g/mol. The summed E-state index contributed by atoms with van der Waals surface area (Å²) in [5, 5.41) is 0. The van der Waals surface area contributed by atoms with Crippen molar-refractivity contribution in [2.24, 2.45) is 0 Å². The lowest BCUT2D eigenvalue weighted by Crippen LogP contribution is -1.72. The van der Waals surface area contributed by atoms with Gasteiger partial charge in [-0.2, -0.15) is 0 Å². The minimum atomic E-state index is -0.964. The van der Waals surface area contributed by atoms with Gasteiger partial charge < -0.3 is 0 Å². The van der Waals surface area contributed by atoms with Crippen LogP contribution in [0.2, 0.25) is 0 Å². The van der Waals surface area contributed by atoms with E-state index < -0.39 is 12.5 Å². The van der Waals surface area contributed by atoms with E-state index in [1.54, 1.807) is 6.92 Å². The maximum absolute atomic E-state index is 11.6. The first-order chi connectivity index (χ1) is 3.31. The van der Waals surface area contributed by atoms with E-state index in [9.17, 15) is 8.78 Å². The second kappa shape index (κ2) is 3.78. The lowest BCUT2D eigenvalue weighted by molar-refractivity contribution is 0.457. The third kappa shape index (κ3) is 3.43. The fourth-order valence-electron chi connectivity index (χ4n) is 0.276. The van der Waals surface area contributed by atoms with E-state index in [4.69, 9.17) is 0 Å². The van der Waals surface area contributed by atoms with Crippen LogP contribution in [-0.2, 0) is 0 Å². The van der Waals surface area contributed by atoms with Crippen LogP contribution in [0.5, 0.6) is 0 Å². The molecule has 0 unspecified atom stereocenters. The summed E-state index contributed by atoms with van der Waals surface area (Å²) in [7, 11) is 0. The molecule has 0 bridgehead atoms. The van der Waals surface area contributed by atoms with Crippen LogP contribution < -0.4 is 0 Å². The molecule has 2 heteroatoms. The molecule has 0 aliphatic carbocycles. The molecule has 0 N–H and O–H groups in total. The predicted molar refractivity (Wildman–Crippen MR) is 25.5 cm³/mol. The van der Waals surface area contributed by atoms with Gasteiger partial charge in [0.15, 0.2) is 0 Å². The number of halogens is 2. The topological polar surface area (TPSA) is 0 Å². The van der Waals surface area contributed by atoms with E-state index >= 15 is 0 Å². The largest absolute Gasteiger partial charge is 0.243 e. The van der Waals surface area contributed by atoms with Crippen molar-refractivity contribution in [1.82, 2.24) is 0 Å². The van der Waals surface area contributed by atoms with Gasteiger partial charge in [0.2, 0.25) is 0 Å². The lowest BCUT2D eigenvalue weighted by atomic mass is 10.4. The van der Waals surface area contributed by atoms with Gasteiger partial charge in [-0.25, -0.2) is 8.78 Å². The van der Waals surface area contributed by atoms with Crippen molar-refractivity contribution in [3.05, 3.63) is 11.9 Å². The average molecular weight is 106 g/mol. The van der Waals surface area contributed by atoms with Crippen LogP contribution in [0.4, 0.5) is 8.78 Å². The van der Waals surface area contributed by atoms with Gasteiger partial charge >= 0.3 is 0 Å². The van der Waals surface area contributed by atoms with E-state index in [2.05, 4.69) is 0 Å². The average Bonchev–Trinajstić information content (AvgIpc) is 1.68. The Hall–Kier alpha value is -0.400. The summed E-state index contributed by atoms with van der Waals surface area (Å²) in [5.74, 6) is -0.664. The zero-order valence-electron chi connectivity index (χ0n) is 4.25. The summed E-state index contributed by atoms with van der Waals surface area (Å²) in [5.41, 5.74) is 0. The molecular formula is C5H8F2. The Balaban J connectivity index is 3.29. The standard InChI is InChI=1S/C5H8F2/c1-2-3-5(7)4-6/h3H,2,4H2,1H3. The third-order valence-corrected chi connectivity index (χ3v) is 0.553. The minimum Gasteiger partial charge on any atom is -0.243 e. The minimum absolute atomic E-state index is 0.565. The molecule has 42 valence electrons. The summed E-state index contributed by atoms with van der Waals surface area (Å²) >= 11 is 0. The molecule has 0 spiro atoms. The van der Waals surface area contributed by atoms with Gasteiger partial charge in [-0.15, -0.1) is 0 Å². The van der Waals surface area contributed by atoms with Gasteiger partial charge in [0.05, 0.1) is 0 Å². The van der Waals surface area contributed by atoms with Crippen molar-refractivity contribution >= 4 is 0 Å². The number of rotatable bonds is 2. The highest BCUT2D eigenvalue weighted by Crippen LogP contribution is 1.96. The Bertz CT molecular complexity index is 66.5. The molecule has 0 nitrogen and oxygen atoms in total. The first-order valence-electron chi connectivity index (χ1n) is 2.21. The molecule has 0 saturated heterocycles. The fourth-order valence-corrected chi connectivity index (χ4v) is 0.276. The van der Waals surface area contributed by atoms with Crippen LogP contribution in [0.15, 0.2) is 11.9 Å². The molecule has 0 aliphatic heterocycles. The van der Waals surface area contributed by atoms with Gasteiger partial charge in [0.25, 0.3) is 0 Å². The Morgan fingerprint density at radius 3 is 2.43 bits per heavy atom. The molecule has 0 atom stereocenters. The number of alkyl halides is 1. The van der Waals surface area contributed by atoms with Gasteiger partial charge in [-0.1, -0.05) is 13.0 Å². The zero-order chi connectivity index (χ0) is 5.70. The number of hydrogen-bond donors (Lipinski definition) is 0. The van der Waals surface area contributed by atoms with Crippen LogP contribution in [0.1, 0.15) is 13.3 Å². The SMILES string of the molecule is CCC=C(F)CF. The quantitative estimate of drug-likeness (QED) is 0.506. The molecule has 0 aromatic rings. The van der Waals surface area contributed by atoms with Crippen molar-refractivity contribution < 1.29 is 8.78 Å². The molecule has 0 amide bonds. The first kappa shape index (κ1) is 6.60. The van der Waals surface area contributed by atoms with Gasteiger partial charge in [-0.05, 0) is 6.42 Å². The maximum atomic E-state index is 11.6. The van der Waals surface area contributed by atoms with Gasteiger partial charge in [-0.3, -0.25) is 0 Å². The molecule has 7 heavy (non-hydrogen) atoms. The summed E-state index contributed by atoms with van der Waals surface area (Å²) < 4.78 is 22.7. The van der Waals surface area contributed by atoms with Crippen LogP contribution in [0.3, 0.4) is 0 Å². The molecule has 0 fully saturated rings. The number of hydrogen-bond acceptors (Lipinski definition) is 0. The second-order valence-corrected chi connectivity index (χ2v) is 1.19. The molecule has 0 radical (unpaired) electrons. The molecule has 0 aromatic carbocycles. The summed E-state index contributed by atoms with van der Waals surface area (Å²) in [6.45, 7) is 0.795. The first-order valence-corrected chi connectivity index (χ1v) is 2.21. The Morgan fingerprint density at radius 1 is 1.71 bits per heavy atom. The fraction of sp³-hybridized carbons (Fsp3) is 0.600. The highest BCUT2D eigenvalue weighted by atomic mass is 19.2. The molecule has 0 aromatic heterocycles. The normalized spacial score (nSPS) is 12.1. The van der Waals surface area contributed by atoms with Crippen LogP contribution in [0.25, 0.3) is 0 Å². The number of allylic oxidation sites excluding steroid dienone is 2. The molecule has 0 heterocycles. The molecular weight excluding hydrogens is 98.1 g/mol. The predicted octanol–water partition coefficient (Wildman–Crippen LogP) is 2.22. The second-order valence-electron chi connectivity index (χ2n) is 1.19. The summed E-state index contributed by atoms with van der Waals surface area (Å²) in [6, 6.07) is 0. The van der Waals surface area contributed by atoms with Crippen molar-refractivity contribution in [3.63, 3.8) is 0 Å². The zero-order valence-corrected chi connectivity index (χ0v) is 4.25. The van der Waals surface area contributed by atoms with E-state index in [1.807, 2.05) is 0 Å². The van der Waals surface area contributed by atoms with Gasteiger partial charge in [0.1, 0.15) is 12.5 Å². The van der Waals surface area contributed by atoms with Crippen molar-refractivity contribution in [1.29, 1.82) is 0 Å². The Morgan fingerprint density at radius 2 is 2.29 bits per heavy atom. The van der Waals surface area contributed by atoms with Crippen molar-refractivity contribution in [3.8, 4) is 0 Å². The van der Waals surface area contributed by atoms with Gasteiger partial charge in [0, 0.05) is 0 Å². The Labute approximate surface area is 41.8 Å².